The van der Waals surface area contributed by atoms with E-state index < -0.39 is 0 Å². The van der Waals surface area contributed by atoms with E-state index in [2.05, 4.69) is 144 Å². The highest BCUT2D eigenvalue weighted by Crippen LogP contribution is 2.70. The van der Waals surface area contributed by atoms with Crippen molar-refractivity contribution in [3.8, 4) is 22.3 Å². The van der Waals surface area contributed by atoms with E-state index >= 15 is 0 Å². The van der Waals surface area contributed by atoms with Gasteiger partial charge in [-0.15, -0.1) is 0 Å². The molecule has 54 heavy (non-hydrogen) atoms. The van der Waals surface area contributed by atoms with Crippen molar-refractivity contribution in [3.05, 3.63) is 162 Å². The molecule has 0 aromatic heterocycles. The summed E-state index contributed by atoms with van der Waals surface area (Å²) in [5.74, 6) is 3.35. The monoisotopic (exact) mass is 695 g/mol. The van der Waals surface area contributed by atoms with Gasteiger partial charge in [0.15, 0.2) is 0 Å². The minimum Gasteiger partial charge on any atom is -0.310 e. The van der Waals surface area contributed by atoms with Crippen LogP contribution in [0.4, 0.5) is 17.1 Å². The van der Waals surface area contributed by atoms with E-state index in [-0.39, 0.29) is 10.8 Å². The largest absolute Gasteiger partial charge is 0.310 e. The average molecular weight is 696 g/mol. The molecule has 0 heterocycles. The Morgan fingerprint density at radius 1 is 0.444 bits per heavy atom. The molecule has 5 fully saturated rings. The third-order valence-corrected chi connectivity index (χ3v) is 15.8. The Morgan fingerprint density at radius 2 is 1.07 bits per heavy atom. The van der Waals surface area contributed by atoms with Crippen molar-refractivity contribution in [2.24, 2.45) is 23.7 Å². The molecule has 0 amide bonds. The van der Waals surface area contributed by atoms with Gasteiger partial charge < -0.3 is 4.90 Å². The number of rotatable bonds is 3. The maximum Gasteiger partial charge on any atom is 0.0543 e. The van der Waals surface area contributed by atoms with Crippen LogP contribution >= 0.6 is 0 Å². The summed E-state index contributed by atoms with van der Waals surface area (Å²) in [5, 5.41) is 5.24. The third-order valence-electron chi connectivity index (χ3n) is 15.8. The molecule has 7 aromatic rings. The van der Waals surface area contributed by atoms with Gasteiger partial charge in [0, 0.05) is 27.8 Å². The SMILES string of the molecule is c1ccc2c(c1)-c1ccc(N(c3ccc4c(ccc5ccccc54)c3)c3cccc4c3-c3ccccc3C43C4CC5CC(C4)CC3C5)cc1C21CCCC1. The maximum absolute atomic E-state index is 2.66. The fourth-order valence-electron chi connectivity index (χ4n) is 14.0. The second kappa shape index (κ2) is 10.8. The van der Waals surface area contributed by atoms with Crippen molar-refractivity contribution in [1.29, 1.82) is 0 Å². The Hall–Kier alpha value is -5.14. The fraction of sp³-hybridized carbons (Fsp3) is 0.283. The van der Waals surface area contributed by atoms with Gasteiger partial charge in [-0.1, -0.05) is 122 Å². The van der Waals surface area contributed by atoms with Gasteiger partial charge in [0.05, 0.1) is 5.69 Å². The Kier molecular flexibility index (Phi) is 6.02. The zero-order chi connectivity index (χ0) is 35.2. The Bertz CT molecular complexity index is 2680. The second-order valence-corrected chi connectivity index (χ2v) is 18.0. The molecule has 7 aliphatic rings. The lowest BCUT2D eigenvalue weighted by molar-refractivity contribution is -0.0399. The number of nitrogens with zero attached hydrogens (tertiary/aromatic N) is 1. The summed E-state index contributed by atoms with van der Waals surface area (Å²) >= 11 is 0. The van der Waals surface area contributed by atoms with E-state index in [0.29, 0.717) is 0 Å². The molecule has 0 saturated heterocycles. The van der Waals surface area contributed by atoms with Crippen LogP contribution in [0, 0.1) is 23.7 Å². The lowest BCUT2D eigenvalue weighted by Gasteiger charge is -2.61. The van der Waals surface area contributed by atoms with Crippen molar-refractivity contribution in [1.82, 2.24) is 0 Å². The molecule has 14 rings (SSSR count). The van der Waals surface area contributed by atoms with Crippen molar-refractivity contribution < 1.29 is 0 Å². The lowest BCUT2D eigenvalue weighted by Crippen LogP contribution is -2.55. The first kappa shape index (κ1) is 30.2. The van der Waals surface area contributed by atoms with E-state index in [4.69, 9.17) is 0 Å². The molecule has 4 bridgehead atoms. The van der Waals surface area contributed by atoms with Gasteiger partial charge in [-0.25, -0.2) is 0 Å². The van der Waals surface area contributed by atoms with Gasteiger partial charge in [-0.3, -0.25) is 0 Å². The maximum atomic E-state index is 2.66. The summed E-state index contributed by atoms with van der Waals surface area (Å²) in [5.41, 5.74) is 16.3. The Labute approximate surface area is 318 Å². The van der Waals surface area contributed by atoms with E-state index in [1.807, 2.05) is 0 Å². The minimum absolute atomic E-state index is 0.117. The highest BCUT2D eigenvalue weighted by atomic mass is 15.1. The first-order valence-corrected chi connectivity index (χ1v) is 20.9. The van der Waals surface area contributed by atoms with E-state index in [1.165, 1.54) is 119 Å². The molecule has 0 N–H and O–H groups in total. The normalized spacial score (nSPS) is 26.1. The summed E-state index contributed by atoms with van der Waals surface area (Å²) in [6, 6.07) is 54.6. The predicted octanol–water partition coefficient (Wildman–Crippen LogP) is 14.0. The van der Waals surface area contributed by atoms with Gasteiger partial charge in [0.25, 0.3) is 0 Å². The molecule has 2 spiro atoms. The summed E-state index contributed by atoms with van der Waals surface area (Å²) < 4.78 is 0. The Balaban J connectivity index is 1.07. The third kappa shape index (κ3) is 3.76. The van der Waals surface area contributed by atoms with Gasteiger partial charge in [0.1, 0.15) is 0 Å². The highest BCUT2D eigenvalue weighted by molar-refractivity contribution is 6.09. The molecule has 5 saturated carbocycles. The van der Waals surface area contributed by atoms with Crippen LogP contribution in [0.2, 0.25) is 0 Å². The van der Waals surface area contributed by atoms with Crippen LogP contribution in [0.15, 0.2) is 140 Å². The molecular weight excluding hydrogens is 651 g/mol. The molecule has 262 valence electrons. The standard InChI is InChI=1S/C53H45N/c1-2-11-41-35(10-1)18-19-36-31-39(20-22-42(36)41)54(40-21-23-44-43-12-3-5-14-46(43)52(49(44)32-40)24-7-8-25-52)50-17-9-16-48-51(50)45-13-4-6-15-47(45)53(48)37-27-33-26-34(29-37)30-38(53)28-33/h1-6,9-23,31-34,37-38H,7-8,24-30H2. The Morgan fingerprint density at radius 3 is 1.91 bits per heavy atom. The number of fused-ring (bicyclic) bond motifs is 11. The fourth-order valence-corrected chi connectivity index (χ4v) is 14.0. The highest BCUT2D eigenvalue weighted by Gasteiger charge is 2.62. The molecule has 0 radical (unpaired) electrons. The average Bonchev–Trinajstić information content (AvgIpc) is 3.90. The molecular formula is C53H45N. The van der Waals surface area contributed by atoms with Crippen LogP contribution in [0.1, 0.15) is 80.0 Å². The number of hydrogen-bond acceptors (Lipinski definition) is 1. The first-order chi connectivity index (χ1) is 26.7. The van der Waals surface area contributed by atoms with Gasteiger partial charge in [-0.2, -0.15) is 0 Å². The van der Waals surface area contributed by atoms with E-state index in [9.17, 15) is 0 Å². The van der Waals surface area contributed by atoms with Crippen molar-refractivity contribution >= 4 is 38.6 Å². The van der Waals surface area contributed by atoms with Crippen LogP contribution in [0.5, 0.6) is 0 Å². The van der Waals surface area contributed by atoms with Gasteiger partial charge >= 0.3 is 0 Å². The van der Waals surface area contributed by atoms with Gasteiger partial charge in [0.2, 0.25) is 0 Å². The summed E-state index contributed by atoms with van der Waals surface area (Å²) in [6.07, 6.45) is 12.2. The summed E-state index contributed by atoms with van der Waals surface area (Å²) in [4.78, 5) is 2.66. The van der Waals surface area contributed by atoms with Crippen molar-refractivity contribution in [3.63, 3.8) is 0 Å². The lowest BCUT2D eigenvalue weighted by atomic mass is 9.43. The number of anilines is 3. The minimum atomic E-state index is 0.117. The molecule has 0 atom stereocenters. The van der Waals surface area contributed by atoms with E-state index in [1.54, 1.807) is 22.3 Å². The molecule has 0 unspecified atom stereocenters. The van der Waals surface area contributed by atoms with Crippen LogP contribution in [0.3, 0.4) is 0 Å². The number of hydrogen-bond donors (Lipinski definition) is 0. The van der Waals surface area contributed by atoms with E-state index in [0.717, 1.165) is 23.7 Å². The summed E-state index contributed by atoms with van der Waals surface area (Å²) in [6.45, 7) is 0. The van der Waals surface area contributed by atoms with Crippen molar-refractivity contribution in [2.75, 3.05) is 4.90 Å². The van der Waals surface area contributed by atoms with Crippen LogP contribution in [0.25, 0.3) is 43.8 Å². The van der Waals surface area contributed by atoms with Crippen molar-refractivity contribution in [2.45, 2.75) is 68.6 Å². The predicted molar refractivity (Wildman–Crippen MR) is 224 cm³/mol. The number of benzene rings is 7. The molecule has 1 nitrogen and oxygen atoms in total. The molecule has 1 heteroatoms. The molecule has 0 aliphatic heterocycles. The quantitative estimate of drug-likeness (QED) is 0.166. The topological polar surface area (TPSA) is 3.24 Å². The van der Waals surface area contributed by atoms with Gasteiger partial charge in [-0.05, 0) is 159 Å². The first-order valence-electron chi connectivity index (χ1n) is 20.9. The van der Waals surface area contributed by atoms with Crippen LogP contribution in [-0.2, 0) is 10.8 Å². The zero-order valence-electron chi connectivity index (χ0n) is 30.9. The van der Waals surface area contributed by atoms with Crippen LogP contribution < -0.4 is 4.90 Å². The molecule has 7 aromatic carbocycles. The molecule has 7 aliphatic carbocycles. The smallest absolute Gasteiger partial charge is 0.0543 e. The summed E-state index contributed by atoms with van der Waals surface area (Å²) in [7, 11) is 0. The second-order valence-electron chi connectivity index (χ2n) is 18.0. The van der Waals surface area contributed by atoms with Crippen LogP contribution in [-0.4, -0.2) is 0 Å². The zero-order valence-corrected chi connectivity index (χ0v) is 30.9.